The molecule has 2 heteroatoms. The molecule has 0 amide bonds. The van der Waals surface area contributed by atoms with Crippen LogP contribution in [0.4, 0.5) is 0 Å². The van der Waals surface area contributed by atoms with Crippen molar-refractivity contribution in [3.8, 4) is 0 Å². The van der Waals surface area contributed by atoms with E-state index in [1.165, 1.54) is 6.42 Å². The third kappa shape index (κ3) is 1.97. The van der Waals surface area contributed by atoms with Gasteiger partial charge in [0, 0.05) is 0 Å². The molecule has 0 heterocycles. The van der Waals surface area contributed by atoms with Crippen LogP contribution in [0.1, 0.15) is 32.1 Å². The lowest BCUT2D eigenvalue weighted by molar-refractivity contribution is 0.0790. The van der Waals surface area contributed by atoms with Crippen LogP contribution in [0, 0.1) is 0 Å². The Kier molecular flexibility index (Phi) is 2.97. The number of rotatable bonds is 1. The molecule has 0 bridgehead atoms. The number of alkyl halides is 1. The second-order valence-electron chi connectivity index (χ2n) is 3.26. The molecule has 1 rings (SSSR count). The van der Waals surface area contributed by atoms with Gasteiger partial charge in [-0.3, -0.25) is 0 Å². The highest BCUT2D eigenvalue weighted by Crippen LogP contribution is 2.31. The topological polar surface area (TPSA) is 20.2 Å². The second-order valence-corrected chi connectivity index (χ2v) is 3.79. The lowest BCUT2D eigenvalue weighted by atomic mass is 9.94. The van der Waals surface area contributed by atoms with Crippen LogP contribution in [-0.2, 0) is 0 Å². The van der Waals surface area contributed by atoms with E-state index < -0.39 is 5.60 Å². The van der Waals surface area contributed by atoms with E-state index in [1.807, 2.05) is 0 Å². The summed E-state index contributed by atoms with van der Waals surface area (Å²) in [5.41, 5.74) is -0.807. The van der Waals surface area contributed by atoms with E-state index >= 15 is 0 Å². The Balaban J connectivity index is 2.65. The van der Waals surface area contributed by atoms with Gasteiger partial charge in [-0.25, -0.2) is 0 Å². The van der Waals surface area contributed by atoms with Gasteiger partial charge in [-0.15, -0.1) is 18.2 Å². The zero-order valence-electron chi connectivity index (χ0n) is 6.72. The van der Waals surface area contributed by atoms with Gasteiger partial charge in [-0.2, -0.15) is 0 Å². The van der Waals surface area contributed by atoms with Gasteiger partial charge in [-0.05, 0) is 12.8 Å². The number of hydrogen-bond acceptors (Lipinski definition) is 1. The largest absolute Gasteiger partial charge is 0.384 e. The van der Waals surface area contributed by atoms with Gasteiger partial charge in [0.15, 0.2) is 0 Å². The van der Waals surface area contributed by atoms with Crippen molar-refractivity contribution in [3.05, 3.63) is 12.7 Å². The molecular weight excluding hydrogens is 160 g/mol. The summed E-state index contributed by atoms with van der Waals surface area (Å²) in [5, 5.41) is 9.74. The molecule has 11 heavy (non-hydrogen) atoms. The smallest absolute Gasteiger partial charge is 0.0987 e. The first kappa shape index (κ1) is 9.08. The molecule has 1 saturated carbocycles. The average Bonchev–Trinajstić information content (AvgIpc) is 2.16. The lowest BCUT2D eigenvalue weighted by Crippen LogP contribution is -2.35. The molecule has 0 radical (unpaired) electrons. The molecule has 0 aromatic rings. The van der Waals surface area contributed by atoms with Crippen LogP contribution < -0.4 is 0 Å². The van der Waals surface area contributed by atoms with Gasteiger partial charge in [-0.1, -0.05) is 25.3 Å². The van der Waals surface area contributed by atoms with Crippen molar-refractivity contribution in [1.82, 2.24) is 0 Å². The van der Waals surface area contributed by atoms with E-state index in [4.69, 9.17) is 11.6 Å². The van der Waals surface area contributed by atoms with E-state index in [0.717, 1.165) is 25.7 Å². The molecule has 0 spiro atoms. The number of halogens is 1. The Bertz CT molecular complexity index is 146. The fraction of sp³-hybridized carbons (Fsp3) is 0.778. The maximum atomic E-state index is 9.88. The molecule has 2 atom stereocenters. The Morgan fingerprint density at radius 2 is 2.18 bits per heavy atom. The summed E-state index contributed by atoms with van der Waals surface area (Å²) in [7, 11) is 0. The monoisotopic (exact) mass is 174 g/mol. The number of aliphatic hydroxyl groups is 1. The zero-order chi connectivity index (χ0) is 8.32. The Morgan fingerprint density at radius 1 is 1.45 bits per heavy atom. The van der Waals surface area contributed by atoms with Crippen molar-refractivity contribution in [2.75, 3.05) is 0 Å². The molecule has 0 aliphatic heterocycles. The fourth-order valence-corrected chi connectivity index (χ4v) is 1.90. The van der Waals surface area contributed by atoms with Crippen molar-refractivity contribution >= 4 is 11.6 Å². The van der Waals surface area contributed by atoms with E-state index in [9.17, 15) is 5.11 Å². The summed E-state index contributed by atoms with van der Waals surface area (Å²) >= 11 is 6.01. The van der Waals surface area contributed by atoms with E-state index in [2.05, 4.69) is 6.58 Å². The first-order valence-electron chi connectivity index (χ1n) is 4.19. The molecule has 1 aliphatic rings. The third-order valence-corrected chi connectivity index (χ3v) is 3.03. The minimum atomic E-state index is -0.807. The average molecular weight is 175 g/mol. The highest BCUT2D eigenvalue weighted by Gasteiger charge is 2.32. The standard InChI is InChI=1S/C9H15ClO/c1-2-9(11)7-5-3-4-6-8(9)10/h2,8,11H,1,3-7H2. The predicted molar refractivity (Wildman–Crippen MR) is 47.9 cm³/mol. The summed E-state index contributed by atoms with van der Waals surface area (Å²) in [6, 6.07) is 0. The van der Waals surface area contributed by atoms with Crippen molar-refractivity contribution in [3.63, 3.8) is 0 Å². The molecule has 0 aromatic carbocycles. The first-order valence-corrected chi connectivity index (χ1v) is 4.63. The van der Waals surface area contributed by atoms with Gasteiger partial charge >= 0.3 is 0 Å². The Labute approximate surface area is 73.1 Å². The van der Waals surface area contributed by atoms with E-state index in [0.29, 0.717) is 0 Å². The van der Waals surface area contributed by atoms with Crippen LogP contribution >= 0.6 is 11.6 Å². The summed E-state index contributed by atoms with van der Waals surface area (Å²) in [6.07, 6.45) is 6.64. The van der Waals surface area contributed by atoms with Crippen molar-refractivity contribution in [2.45, 2.75) is 43.1 Å². The van der Waals surface area contributed by atoms with E-state index in [1.54, 1.807) is 6.08 Å². The Morgan fingerprint density at radius 3 is 2.82 bits per heavy atom. The van der Waals surface area contributed by atoms with Crippen molar-refractivity contribution < 1.29 is 5.11 Å². The zero-order valence-corrected chi connectivity index (χ0v) is 7.48. The van der Waals surface area contributed by atoms with Crippen LogP contribution in [0.25, 0.3) is 0 Å². The molecule has 2 unspecified atom stereocenters. The highest BCUT2D eigenvalue weighted by atomic mass is 35.5. The van der Waals surface area contributed by atoms with Gasteiger partial charge in [0.1, 0.15) is 0 Å². The van der Waals surface area contributed by atoms with Crippen LogP contribution in [0.3, 0.4) is 0 Å². The van der Waals surface area contributed by atoms with Crippen LogP contribution in [0.5, 0.6) is 0 Å². The van der Waals surface area contributed by atoms with Gasteiger partial charge in [0.25, 0.3) is 0 Å². The summed E-state index contributed by atoms with van der Waals surface area (Å²) < 4.78 is 0. The van der Waals surface area contributed by atoms with E-state index in [-0.39, 0.29) is 5.38 Å². The molecule has 0 saturated heterocycles. The second kappa shape index (κ2) is 3.59. The fourth-order valence-electron chi connectivity index (χ4n) is 1.55. The number of hydrogen-bond donors (Lipinski definition) is 1. The summed E-state index contributed by atoms with van der Waals surface area (Å²) in [4.78, 5) is 0. The summed E-state index contributed by atoms with van der Waals surface area (Å²) in [5.74, 6) is 0. The van der Waals surface area contributed by atoms with Crippen molar-refractivity contribution in [2.24, 2.45) is 0 Å². The maximum Gasteiger partial charge on any atom is 0.0987 e. The van der Waals surface area contributed by atoms with Gasteiger partial charge in [0.2, 0.25) is 0 Å². The van der Waals surface area contributed by atoms with Crippen molar-refractivity contribution in [1.29, 1.82) is 0 Å². The molecule has 1 aliphatic carbocycles. The SMILES string of the molecule is C=CC1(O)CCCCCC1Cl. The molecular formula is C9H15ClO. The quantitative estimate of drug-likeness (QED) is 0.368. The molecule has 1 fully saturated rings. The van der Waals surface area contributed by atoms with Crippen LogP contribution in [0.15, 0.2) is 12.7 Å². The third-order valence-electron chi connectivity index (χ3n) is 2.43. The minimum absolute atomic E-state index is 0.137. The highest BCUT2D eigenvalue weighted by molar-refractivity contribution is 6.21. The first-order chi connectivity index (χ1) is 5.19. The normalized spacial score (nSPS) is 39.6. The minimum Gasteiger partial charge on any atom is -0.384 e. The van der Waals surface area contributed by atoms with Crippen LogP contribution in [-0.4, -0.2) is 16.1 Å². The lowest BCUT2D eigenvalue weighted by Gasteiger charge is -2.26. The molecule has 0 aromatic heterocycles. The predicted octanol–water partition coefficient (Wildman–Crippen LogP) is 2.48. The van der Waals surface area contributed by atoms with Gasteiger partial charge in [0.05, 0.1) is 11.0 Å². The Hall–Kier alpha value is -0.0100. The summed E-state index contributed by atoms with van der Waals surface area (Å²) in [6.45, 7) is 3.61. The maximum absolute atomic E-state index is 9.88. The molecule has 1 N–H and O–H groups in total. The van der Waals surface area contributed by atoms with Crippen LogP contribution in [0.2, 0.25) is 0 Å². The van der Waals surface area contributed by atoms with Gasteiger partial charge < -0.3 is 5.11 Å². The molecule has 1 nitrogen and oxygen atoms in total. The molecule has 64 valence electrons.